The molecule has 1 aromatic rings. The molecule has 0 aliphatic carbocycles. The molecule has 35 valence electrons. The maximum atomic E-state index is 10.1. The maximum Gasteiger partial charge on any atom is 0.266 e. The first-order valence-corrected chi connectivity index (χ1v) is 1.80. The third kappa shape index (κ3) is 0.855. The first-order valence-electron chi connectivity index (χ1n) is 1.80. The Hall–Kier alpha value is -1.12. The fourth-order valence-corrected chi connectivity index (χ4v) is 0.278. The van der Waals surface area contributed by atoms with Gasteiger partial charge < -0.3 is 4.98 Å². The summed E-state index contributed by atoms with van der Waals surface area (Å²) in [5.41, 5.74) is -0.220. The van der Waals surface area contributed by atoms with Crippen molar-refractivity contribution in [3.05, 3.63) is 28.9 Å². The normalized spacial score (nSPS) is 8.57. The topological polar surface area (TPSA) is 45.8 Å². The summed E-state index contributed by atoms with van der Waals surface area (Å²) in [6.07, 6.45) is 4.99. The van der Waals surface area contributed by atoms with Gasteiger partial charge in [0, 0.05) is 0 Å². The minimum Gasteiger partial charge on any atom is -0.318 e. The number of hydrogen-bond acceptors (Lipinski definition) is 2. The minimum atomic E-state index is -0.220. The van der Waals surface area contributed by atoms with E-state index in [1.165, 1.54) is 12.4 Å². The molecule has 1 N–H and O–H groups in total. The second-order valence-corrected chi connectivity index (χ2v) is 1.04. The molecule has 1 heterocycles. The summed E-state index contributed by atoms with van der Waals surface area (Å²) in [5, 5.41) is 0. The van der Waals surface area contributed by atoms with E-state index in [9.17, 15) is 4.79 Å². The van der Waals surface area contributed by atoms with E-state index in [1.54, 1.807) is 0 Å². The molecule has 0 unspecified atom stereocenters. The van der Waals surface area contributed by atoms with Gasteiger partial charge in [-0.3, -0.25) is 9.78 Å². The van der Waals surface area contributed by atoms with E-state index >= 15 is 0 Å². The number of aromatic amines is 1. The minimum absolute atomic E-state index is 0.220. The van der Waals surface area contributed by atoms with Crippen molar-refractivity contribution in [2.24, 2.45) is 0 Å². The van der Waals surface area contributed by atoms with Crippen LogP contribution in [-0.2, 0) is 0 Å². The Labute approximate surface area is 40.0 Å². The van der Waals surface area contributed by atoms with Gasteiger partial charge in [-0.2, -0.15) is 0 Å². The van der Waals surface area contributed by atoms with E-state index in [4.69, 9.17) is 0 Å². The van der Waals surface area contributed by atoms with Gasteiger partial charge in [0.2, 0.25) is 0 Å². The Morgan fingerprint density at radius 2 is 2.71 bits per heavy atom. The van der Waals surface area contributed by atoms with Crippen molar-refractivity contribution in [2.45, 2.75) is 0 Å². The summed E-state index contributed by atoms with van der Waals surface area (Å²) < 4.78 is 0. The van der Waals surface area contributed by atoms with E-state index < -0.39 is 0 Å². The monoisotopic (exact) mass is 95.0 g/mol. The SMILES string of the molecule is O=c1cnc[c][nH]1. The van der Waals surface area contributed by atoms with E-state index in [1.807, 2.05) is 0 Å². The van der Waals surface area contributed by atoms with Crippen LogP contribution in [0.2, 0.25) is 0 Å². The Bertz CT molecular complexity index is 175. The molecular weight excluding hydrogens is 92.1 g/mol. The van der Waals surface area contributed by atoms with E-state index in [-0.39, 0.29) is 5.56 Å². The standard InChI is InChI=1S/C4H3N2O/c7-4-3-5-1-2-6-4/h1,3H,(H,6,7). The third-order valence-electron chi connectivity index (χ3n) is 0.526. The van der Waals surface area contributed by atoms with Gasteiger partial charge in [-0.15, -0.1) is 0 Å². The predicted molar refractivity (Wildman–Crippen MR) is 23.7 cm³/mol. The summed E-state index contributed by atoms with van der Waals surface area (Å²) in [6, 6.07) is 0. The molecule has 0 saturated heterocycles. The molecule has 0 amide bonds. The molecule has 1 aromatic heterocycles. The second kappa shape index (κ2) is 1.55. The highest BCUT2D eigenvalue weighted by atomic mass is 16.1. The number of nitrogens with one attached hydrogen (secondary N) is 1. The number of rotatable bonds is 0. The van der Waals surface area contributed by atoms with Crippen LogP contribution in [-0.4, -0.2) is 9.97 Å². The zero-order valence-corrected chi connectivity index (χ0v) is 3.51. The average Bonchev–Trinajstić information content (AvgIpc) is 1.69. The number of nitrogens with zero attached hydrogens (tertiary/aromatic N) is 1. The van der Waals surface area contributed by atoms with E-state index in [0.29, 0.717) is 0 Å². The lowest BCUT2D eigenvalue weighted by Gasteiger charge is -1.72. The van der Waals surface area contributed by atoms with Gasteiger partial charge in [-0.05, 0) is 0 Å². The molecule has 0 bridgehead atoms. The Morgan fingerprint density at radius 1 is 1.86 bits per heavy atom. The first-order chi connectivity index (χ1) is 3.39. The molecule has 3 nitrogen and oxygen atoms in total. The van der Waals surface area contributed by atoms with Gasteiger partial charge in [0.1, 0.15) is 0 Å². The Balaban J connectivity index is 3.28. The zero-order chi connectivity index (χ0) is 5.11. The molecule has 0 aliphatic rings. The third-order valence-corrected chi connectivity index (χ3v) is 0.526. The van der Waals surface area contributed by atoms with E-state index in [2.05, 4.69) is 16.2 Å². The fraction of sp³-hybridized carbons (Fsp3) is 0. The molecule has 1 rings (SSSR count). The number of hydrogen-bond donors (Lipinski definition) is 1. The van der Waals surface area contributed by atoms with Gasteiger partial charge >= 0.3 is 0 Å². The van der Waals surface area contributed by atoms with Crippen LogP contribution in [0.25, 0.3) is 0 Å². The van der Waals surface area contributed by atoms with Crippen molar-refractivity contribution >= 4 is 0 Å². The largest absolute Gasteiger partial charge is 0.318 e. The van der Waals surface area contributed by atoms with Crippen LogP contribution in [0.1, 0.15) is 0 Å². The summed E-state index contributed by atoms with van der Waals surface area (Å²) >= 11 is 0. The van der Waals surface area contributed by atoms with Crippen LogP contribution in [0, 0.1) is 6.20 Å². The number of H-pyrrole nitrogens is 1. The first kappa shape index (κ1) is 4.05. The van der Waals surface area contributed by atoms with Crippen LogP contribution in [0.15, 0.2) is 17.2 Å². The summed E-state index contributed by atoms with van der Waals surface area (Å²) in [4.78, 5) is 15.9. The predicted octanol–water partition coefficient (Wildman–Crippen LogP) is -0.430. The lowest BCUT2D eigenvalue weighted by atomic mass is 10.8. The summed E-state index contributed by atoms with van der Waals surface area (Å²) in [6.45, 7) is 0. The molecule has 1 radical (unpaired) electrons. The van der Waals surface area contributed by atoms with Crippen LogP contribution in [0.5, 0.6) is 0 Å². The molecule has 0 fully saturated rings. The van der Waals surface area contributed by atoms with Gasteiger partial charge in [0.05, 0.1) is 18.6 Å². The lowest BCUT2D eigenvalue weighted by molar-refractivity contribution is 1.13. The van der Waals surface area contributed by atoms with Crippen molar-refractivity contribution in [1.29, 1.82) is 0 Å². The van der Waals surface area contributed by atoms with E-state index in [0.717, 1.165) is 0 Å². The Kier molecular flexibility index (Phi) is 0.898. The van der Waals surface area contributed by atoms with Gasteiger partial charge in [0.15, 0.2) is 0 Å². The molecule has 0 aliphatic heterocycles. The molecule has 0 spiro atoms. The van der Waals surface area contributed by atoms with Crippen molar-refractivity contribution in [3.63, 3.8) is 0 Å². The van der Waals surface area contributed by atoms with Crippen molar-refractivity contribution in [1.82, 2.24) is 9.97 Å². The maximum absolute atomic E-state index is 10.1. The van der Waals surface area contributed by atoms with Crippen LogP contribution in [0.4, 0.5) is 0 Å². The van der Waals surface area contributed by atoms with Crippen LogP contribution in [0.3, 0.4) is 0 Å². The highest BCUT2D eigenvalue weighted by Gasteiger charge is 1.71. The lowest BCUT2D eigenvalue weighted by Crippen LogP contribution is -2.01. The number of aromatic nitrogens is 2. The highest BCUT2D eigenvalue weighted by molar-refractivity contribution is 4.71. The average molecular weight is 95.1 g/mol. The van der Waals surface area contributed by atoms with Gasteiger partial charge in [-0.25, -0.2) is 0 Å². The molecule has 7 heavy (non-hydrogen) atoms. The highest BCUT2D eigenvalue weighted by Crippen LogP contribution is 1.56. The zero-order valence-electron chi connectivity index (χ0n) is 3.51. The molecular formula is C4H3N2O. The van der Waals surface area contributed by atoms with Crippen molar-refractivity contribution < 1.29 is 0 Å². The smallest absolute Gasteiger partial charge is 0.266 e. The quantitative estimate of drug-likeness (QED) is 0.475. The van der Waals surface area contributed by atoms with Crippen LogP contribution < -0.4 is 5.56 Å². The molecule has 3 heteroatoms. The summed E-state index contributed by atoms with van der Waals surface area (Å²) in [5.74, 6) is 0. The van der Waals surface area contributed by atoms with Crippen molar-refractivity contribution in [2.75, 3.05) is 0 Å². The van der Waals surface area contributed by atoms with Gasteiger partial charge in [-0.1, -0.05) is 0 Å². The second-order valence-electron chi connectivity index (χ2n) is 1.04. The molecule has 0 aromatic carbocycles. The Morgan fingerprint density at radius 3 is 3.00 bits per heavy atom. The fourth-order valence-electron chi connectivity index (χ4n) is 0.278. The summed E-state index contributed by atoms with van der Waals surface area (Å²) in [7, 11) is 0. The van der Waals surface area contributed by atoms with Gasteiger partial charge in [0.25, 0.3) is 5.56 Å². The molecule has 0 atom stereocenters. The van der Waals surface area contributed by atoms with Crippen molar-refractivity contribution in [3.8, 4) is 0 Å². The molecule has 0 saturated carbocycles. The van der Waals surface area contributed by atoms with Crippen LogP contribution >= 0.6 is 0 Å².